The zero-order valence-corrected chi connectivity index (χ0v) is 6.04. The summed E-state index contributed by atoms with van der Waals surface area (Å²) < 4.78 is 0. The van der Waals surface area contributed by atoms with E-state index in [-0.39, 0.29) is 0 Å². The molecule has 0 saturated heterocycles. The number of hydrogen-bond donors (Lipinski definition) is 2. The number of hydrogen-bond acceptors (Lipinski definition) is 1. The molecule has 2 heteroatoms. The van der Waals surface area contributed by atoms with Gasteiger partial charge in [0.05, 0.1) is 7.05 Å². The van der Waals surface area contributed by atoms with Gasteiger partial charge in [0.2, 0.25) is 0 Å². The first-order valence-corrected chi connectivity index (χ1v) is 3.38. The van der Waals surface area contributed by atoms with Crippen molar-refractivity contribution in [1.29, 1.82) is 0 Å². The van der Waals surface area contributed by atoms with Crippen molar-refractivity contribution in [2.24, 2.45) is 0 Å². The average molecular weight is 138 g/mol. The minimum absolute atomic E-state index is 0.333. The normalized spacial score (nSPS) is 9.70. The molecule has 3 N–H and O–H groups in total. The van der Waals surface area contributed by atoms with Gasteiger partial charge in [-0.05, 0) is 24.3 Å². The predicted octanol–water partition coefficient (Wildman–Crippen LogP) is 0.0854. The predicted molar refractivity (Wildman–Crippen MR) is 39.7 cm³/mol. The largest absolute Gasteiger partial charge is 0.508 e. The van der Waals surface area contributed by atoms with Crippen LogP contribution >= 0.6 is 0 Å². The highest BCUT2D eigenvalue weighted by Crippen LogP contribution is 2.07. The SMILES string of the molecule is C[NH2+]Cc1ccc(O)cc1. The average Bonchev–Trinajstić information content (AvgIpc) is 1.95. The van der Waals surface area contributed by atoms with Gasteiger partial charge in [-0.1, -0.05) is 0 Å². The molecule has 2 nitrogen and oxygen atoms in total. The minimum atomic E-state index is 0.333. The van der Waals surface area contributed by atoms with E-state index in [1.54, 1.807) is 12.1 Å². The van der Waals surface area contributed by atoms with E-state index in [2.05, 4.69) is 5.32 Å². The Kier molecular flexibility index (Phi) is 2.29. The third-order valence-corrected chi connectivity index (χ3v) is 1.38. The maximum absolute atomic E-state index is 8.91. The molecule has 0 heterocycles. The molecule has 0 aliphatic carbocycles. The highest BCUT2D eigenvalue weighted by atomic mass is 16.3. The Morgan fingerprint density at radius 3 is 2.40 bits per heavy atom. The molecule has 54 valence electrons. The summed E-state index contributed by atoms with van der Waals surface area (Å²) in [5.41, 5.74) is 1.24. The maximum Gasteiger partial charge on any atom is 0.115 e. The molecule has 0 saturated carbocycles. The minimum Gasteiger partial charge on any atom is -0.508 e. The Balaban J connectivity index is 2.69. The summed E-state index contributed by atoms with van der Waals surface area (Å²) in [5, 5.41) is 11.0. The molecule has 0 fully saturated rings. The van der Waals surface area contributed by atoms with Crippen LogP contribution in [0.5, 0.6) is 5.75 Å². The molecule has 0 bridgehead atoms. The summed E-state index contributed by atoms with van der Waals surface area (Å²) in [5.74, 6) is 0.333. The monoisotopic (exact) mass is 138 g/mol. The van der Waals surface area contributed by atoms with Crippen molar-refractivity contribution in [2.75, 3.05) is 7.05 Å². The van der Waals surface area contributed by atoms with Gasteiger partial charge in [-0.2, -0.15) is 0 Å². The molecule has 0 atom stereocenters. The molecule has 1 rings (SSSR count). The van der Waals surface area contributed by atoms with Gasteiger partial charge in [-0.15, -0.1) is 0 Å². The van der Waals surface area contributed by atoms with Crippen LogP contribution in [0.2, 0.25) is 0 Å². The first-order chi connectivity index (χ1) is 4.83. The quantitative estimate of drug-likeness (QED) is 0.597. The molecule has 1 aromatic rings. The molecule has 0 unspecified atom stereocenters. The van der Waals surface area contributed by atoms with Gasteiger partial charge in [0, 0.05) is 5.56 Å². The highest BCUT2D eigenvalue weighted by Gasteiger charge is 1.91. The zero-order chi connectivity index (χ0) is 7.40. The molecule has 0 spiro atoms. The standard InChI is InChI=1S/C8H11NO/c1-9-6-7-2-4-8(10)5-3-7/h2-5,9-10H,6H2,1H3/p+1. The maximum atomic E-state index is 8.91. The van der Waals surface area contributed by atoms with Gasteiger partial charge in [0.1, 0.15) is 12.3 Å². The molecular weight excluding hydrogens is 126 g/mol. The van der Waals surface area contributed by atoms with Gasteiger partial charge in [-0.3, -0.25) is 0 Å². The Hall–Kier alpha value is -1.02. The zero-order valence-electron chi connectivity index (χ0n) is 6.04. The Morgan fingerprint density at radius 2 is 1.90 bits per heavy atom. The van der Waals surface area contributed by atoms with E-state index in [9.17, 15) is 0 Å². The summed E-state index contributed by atoms with van der Waals surface area (Å²) >= 11 is 0. The van der Waals surface area contributed by atoms with Crippen LogP contribution in [0.15, 0.2) is 24.3 Å². The van der Waals surface area contributed by atoms with E-state index in [1.165, 1.54) is 5.56 Å². The number of phenols is 1. The Labute approximate surface area is 60.5 Å². The lowest BCUT2D eigenvalue weighted by Crippen LogP contribution is -2.77. The van der Waals surface area contributed by atoms with Crippen LogP contribution in [0.4, 0.5) is 0 Å². The number of benzene rings is 1. The number of quaternary nitrogens is 1. The van der Waals surface area contributed by atoms with Crippen LogP contribution in [-0.2, 0) is 6.54 Å². The molecular formula is C8H12NO+. The topological polar surface area (TPSA) is 36.8 Å². The molecule has 0 radical (unpaired) electrons. The van der Waals surface area contributed by atoms with Crippen molar-refractivity contribution >= 4 is 0 Å². The van der Waals surface area contributed by atoms with Crippen molar-refractivity contribution in [3.63, 3.8) is 0 Å². The summed E-state index contributed by atoms with van der Waals surface area (Å²) in [6.07, 6.45) is 0. The highest BCUT2D eigenvalue weighted by molar-refractivity contribution is 5.25. The van der Waals surface area contributed by atoms with Gasteiger partial charge < -0.3 is 10.4 Å². The Morgan fingerprint density at radius 1 is 1.30 bits per heavy atom. The second-order valence-electron chi connectivity index (χ2n) is 2.28. The molecule has 0 aliphatic rings. The van der Waals surface area contributed by atoms with Crippen LogP contribution in [0.1, 0.15) is 5.56 Å². The molecule has 0 amide bonds. The van der Waals surface area contributed by atoms with E-state index >= 15 is 0 Å². The smallest absolute Gasteiger partial charge is 0.115 e. The first kappa shape index (κ1) is 7.09. The fourth-order valence-electron chi connectivity index (χ4n) is 0.868. The van der Waals surface area contributed by atoms with Gasteiger partial charge >= 0.3 is 0 Å². The Bertz CT molecular complexity index is 193. The van der Waals surface area contributed by atoms with Crippen LogP contribution in [0.3, 0.4) is 0 Å². The summed E-state index contributed by atoms with van der Waals surface area (Å²) in [6.45, 7) is 0.972. The van der Waals surface area contributed by atoms with Gasteiger partial charge in [-0.25, -0.2) is 0 Å². The third kappa shape index (κ3) is 1.74. The lowest BCUT2D eigenvalue weighted by atomic mass is 10.2. The number of phenolic OH excluding ortho intramolecular Hbond substituents is 1. The van der Waals surface area contributed by atoms with Gasteiger partial charge in [0.15, 0.2) is 0 Å². The number of nitrogens with two attached hydrogens (primary N) is 1. The van der Waals surface area contributed by atoms with E-state index in [0.717, 1.165) is 6.54 Å². The van der Waals surface area contributed by atoms with E-state index < -0.39 is 0 Å². The lowest BCUT2D eigenvalue weighted by molar-refractivity contribution is -0.643. The lowest BCUT2D eigenvalue weighted by Gasteiger charge is -1.95. The summed E-state index contributed by atoms with van der Waals surface area (Å²) in [7, 11) is 2.02. The molecule has 10 heavy (non-hydrogen) atoms. The fraction of sp³-hybridized carbons (Fsp3) is 0.250. The molecule has 0 aromatic heterocycles. The van der Waals surface area contributed by atoms with Crippen LogP contribution in [0.25, 0.3) is 0 Å². The second-order valence-corrected chi connectivity index (χ2v) is 2.28. The van der Waals surface area contributed by atoms with E-state index in [0.29, 0.717) is 5.75 Å². The van der Waals surface area contributed by atoms with E-state index in [4.69, 9.17) is 5.11 Å². The third-order valence-electron chi connectivity index (χ3n) is 1.38. The number of aromatic hydroxyl groups is 1. The first-order valence-electron chi connectivity index (χ1n) is 3.38. The van der Waals surface area contributed by atoms with Crippen molar-refractivity contribution in [2.45, 2.75) is 6.54 Å². The van der Waals surface area contributed by atoms with Gasteiger partial charge in [0.25, 0.3) is 0 Å². The number of rotatable bonds is 2. The summed E-state index contributed by atoms with van der Waals surface area (Å²) in [4.78, 5) is 0. The van der Waals surface area contributed by atoms with Crippen LogP contribution in [-0.4, -0.2) is 12.2 Å². The fourth-order valence-corrected chi connectivity index (χ4v) is 0.868. The molecule has 0 aliphatic heterocycles. The van der Waals surface area contributed by atoms with Crippen molar-refractivity contribution in [3.05, 3.63) is 29.8 Å². The van der Waals surface area contributed by atoms with Crippen LogP contribution < -0.4 is 5.32 Å². The van der Waals surface area contributed by atoms with Crippen molar-refractivity contribution in [1.82, 2.24) is 0 Å². The van der Waals surface area contributed by atoms with Crippen LogP contribution in [0, 0.1) is 0 Å². The molecule has 1 aromatic carbocycles. The van der Waals surface area contributed by atoms with Crippen molar-refractivity contribution in [3.8, 4) is 5.75 Å². The second kappa shape index (κ2) is 3.22. The van der Waals surface area contributed by atoms with E-state index in [1.807, 2.05) is 19.2 Å². The summed E-state index contributed by atoms with van der Waals surface area (Å²) in [6, 6.07) is 7.27. The van der Waals surface area contributed by atoms with Crippen molar-refractivity contribution < 1.29 is 10.4 Å².